The molecule has 0 aromatic carbocycles. The van der Waals surface area contributed by atoms with Gasteiger partial charge in [-0.3, -0.25) is 9.78 Å². The topological polar surface area (TPSA) is 75.0 Å². The summed E-state index contributed by atoms with van der Waals surface area (Å²) < 4.78 is 5.16. The van der Waals surface area contributed by atoms with Crippen LogP contribution in [-0.2, 0) is 4.74 Å². The molecule has 0 spiro atoms. The van der Waals surface area contributed by atoms with Gasteiger partial charge in [-0.1, -0.05) is 0 Å². The number of rotatable bonds is 1. The van der Waals surface area contributed by atoms with Crippen LogP contribution in [0.5, 0.6) is 0 Å². The fourth-order valence-corrected chi connectivity index (χ4v) is 1.49. The Morgan fingerprint density at radius 2 is 2.23 bits per heavy atom. The lowest BCUT2D eigenvalue weighted by Crippen LogP contribution is -2.24. The summed E-state index contributed by atoms with van der Waals surface area (Å²) in [6.07, 6.45) is 0.861. The molecule has 0 radical (unpaired) electrons. The van der Waals surface area contributed by atoms with Crippen LogP contribution in [0.15, 0.2) is 15.7 Å². The van der Waals surface area contributed by atoms with E-state index in [1.165, 1.54) is 6.07 Å². The van der Waals surface area contributed by atoms with Crippen LogP contribution in [0, 0.1) is 0 Å². The predicted molar refractivity (Wildman–Crippen MR) is 45.9 cm³/mol. The highest BCUT2D eigenvalue weighted by molar-refractivity contribution is 5.07. The molecule has 70 valence electrons. The molecule has 5 heteroatoms. The van der Waals surface area contributed by atoms with E-state index < -0.39 is 5.69 Å². The fraction of sp³-hybridized carbons (Fsp3) is 0.500. The molecule has 0 aliphatic carbocycles. The van der Waals surface area contributed by atoms with Crippen LogP contribution in [-0.4, -0.2) is 23.2 Å². The Bertz CT molecular complexity index is 372. The lowest BCUT2D eigenvalue weighted by molar-refractivity contribution is 0.193. The smallest absolute Gasteiger partial charge is 0.325 e. The first-order valence-corrected chi connectivity index (χ1v) is 4.17. The van der Waals surface area contributed by atoms with Crippen molar-refractivity contribution in [3.05, 3.63) is 32.6 Å². The standard InChI is InChI=1S/C8H10N2O3/c11-7-3-6(9-8(12)10-7)5-1-2-13-4-5/h3,5H,1-2,4H2,(H2,9,10,11,12). The van der Waals surface area contributed by atoms with E-state index in [4.69, 9.17) is 4.74 Å². The zero-order valence-corrected chi connectivity index (χ0v) is 7.00. The molecular formula is C8H10N2O3. The monoisotopic (exact) mass is 182 g/mol. The molecule has 2 rings (SSSR count). The Morgan fingerprint density at radius 3 is 2.85 bits per heavy atom. The van der Waals surface area contributed by atoms with Crippen LogP contribution < -0.4 is 11.2 Å². The number of H-pyrrole nitrogens is 2. The molecule has 1 aromatic heterocycles. The first-order valence-electron chi connectivity index (χ1n) is 4.17. The maximum Gasteiger partial charge on any atom is 0.325 e. The van der Waals surface area contributed by atoms with Crippen LogP contribution in [0.1, 0.15) is 18.0 Å². The van der Waals surface area contributed by atoms with E-state index in [9.17, 15) is 9.59 Å². The summed E-state index contributed by atoms with van der Waals surface area (Å²) >= 11 is 0. The number of aromatic nitrogens is 2. The molecule has 1 atom stereocenters. The quantitative estimate of drug-likeness (QED) is 0.618. The van der Waals surface area contributed by atoms with E-state index in [2.05, 4.69) is 9.97 Å². The van der Waals surface area contributed by atoms with Gasteiger partial charge in [0.2, 0.25) is 0 Å². The molecule has 1 aliphatic heterocycles. The summed E-state index contributed by atoms with van der Waals surface area (Å²) in [4.78, 5) is 26.6. The Hall–Kier alpha value is -1.36. The van der Waals surface area contributed by atoms with Crippen LogP contribution in [0.25, 0.3) is 0 Å². The highest BCUT2D eigenvalue weighted by Crippen LogP contribution is 2.21. The van der Waals surface area contributed by atoms with Gasteiger partial charge in [0, 0.05) is 24.3 Å². The van der Waals surface area contributed by atoms with Crippen molar-refractivity contribution >= 4 is 0 Å². The fourth-order valence-electron chi connectivity index (χ4n) is 1.49. The van der Waals surface area contributed by atoms with Gasteiger partial charge in [-0.05, 0) is 6.42 Å². The van der Waals surface area contributed by atoms with Gasteiger partial charge >= 0.3 is 5.69 Å². The minimum Gasteiger partial charge on any atom is -0.381 e. The van der Waals surface area contributed by atoms with Gasteiger partial charge in [0.25, 0.3) is 5.56 Å². The second-order valence-electron chi connectivity index (χ2n) is 3.10. The average molecular weight is 182 g/mol. The second kappa shape index (κ2) is 3.18. The zero-order valence-electron chi connectivity index (χ0n) is 7.00. The van der Waals surface area contributed by atoms with Crippen molar-refractivity contribution in [2.24, 2.45) is 0 Å². The minimum atomic E-state index is -0.450. The van der Waals surface area contributed by atoms with Gasteiger partial charge < -0.3 is 9.72 Å². The Kier molecular flexibility index (Phi) is 2.02. The highest BCUT2D eigenvalue weighted by atomic mass is 16.5. The summed E-state index contributed by atoms with van der Waals surface area (Å²) in [5.41, 5.74) is -0.133. The van der Waals surface area contributed by atoms with Crippen LogP contribution in [0.3, 0.4) is 0 Å². The molecular weight excluding hydrogens is 172 g/mol. The number of nitrogens with one attached hydrogen (secondary N) is 2. The molecule has 0 bridgehead atoms. The first kappa shape index (κ1) is 8.25. The minimum absolute atomic E-state index is 0.162. The number of hydrogen-bond donors (Lipinski definition) is 2. The van der Waals surface area contributed by atoms with E-state index in [1.807, 2.05) is 0 Å². The summed E-state index contributed by atoms with van der Waals surface area (Å²) in [5, 5.41) is 0. The van der Waals surface area contributed by atoms with Gasteiger partial charge in [-0.25, -0.2) is 4.79 Å². The van der Waals surface area contributed by atoms with E-state index >= 15 is 0 Å². The van der Waals surface area contributed by atoms with Crippen molar-refractivity contribution in [1.29, 1.82) is 0 Å². The molecule has 2 heterocycles. The third kappa shape index (κ3) is 1.70. The van der Waals surface area contributed by atoms with Gasteiger partial charge in [-0.15, -0.1) is 0 Å². The molecule has 1 aromatic rings. The Morgan fingerprint density at radius 1 is 1.38 bits per heavy atom. The third-order valence-corrected chi connectivity index (χ3v) is 2.15. The molecule has 0 saturated carbocycles. The van der Waals surface area contributed by atoms with E-state index in [1.54, 1.807) is 0 Å². The van der Waals surface area contributed by atoms with Crippen LogP contribution in [0.4, 0.5) is 0 Å². The molecule has 0 amide bonds. The van der Waals surface area contributed by atoms with Gasteiger partial charge in [-0.2, -0.15) is 0 Å². The van der Waals surface area contributed by atoms with E-state index in [0.717, 1.165) is 6.42 Å². The first-order chi connectivity index (χ1) is 6.25. The van der Waals surface area contributed by atoms with Crippen LogP contribution in [0.2, 0.25) is 0 Å². The normalized spacial score (nSPS) is 22.0. The lowest BCUT2D eigenvalue weighted by Gasteiger charge is -2.05. The predicted octanol–water partition coefficient (Wildman–Crippen LogP) is -0.433. The zero-order chi connectivity index (χ0) is 9.26. The summed E-state index contributed by atoms with van der Waals surface area (Å²) in [5.74, 6) is 0.162. The number of aromatic amines is 2. The van der Waals surface area contributed by atoms with Crippen molar-refractivity contribution < 1.29 is 4.74 Å². The molecule has 13 heavy (non-hydrogen) atoms. The van der Waals surface area contributed by atoms with Crippen molar-refractivity contribution in [2.75, 3.05) is 13.2 Å². The maximum atomic E-state index is 11.0. The van der Waals surface area contributed by atoms with Crippen molar-refractivity contribution in [3.8, 4) is 0 Å². The number of hydrogen-bond acceptors (Lipinski definition) is 3. The molecule has 2 N–H and O–H groups in total. The number of ether oxygens (including phenoxy) is 1. The molecule has 1 saturated heterocycles. The van der Waals surface area contributed by atoms with E-state index in [0.29, 0.717) is 18.9 Å². The molecule has 1 aliphatic rings. The highest BCUT2D eigenvalue weighted by Gasteiger charge is 2.18. The van der Waals surface area contributed by atoms with Crippen molar-refractivity contribution in [3.63, 3.8) is 0 Å². The molecule has 1 fully saturated rings. The summed E-state index contributed by atoms with van der Waals surface area (Å²) in [7, 11) is 0. The lowest BCUT2D eigenvalue weighted by atomic mass is 10.1. The average Bonchev–Trinajstić information content (AvgIpc) is 2.53. The second-order valence-corrected chi connectivity index (χ2v) is 3.10. The van der Waals surface area contributed by atoms with Crippen molar-refractivity contribution in [2.45, 2.75) is 12.3 Å². The molecule has 1 unspecified atom stereocenters. The third-order valence-electron chi connectivity index (χ3n) is 2.15. The van der Waals surface area contributed by atoms with Gasteiger partial charge in [0.15, 0.2) is 0 Å². The Balaban J connectivity index is 2.39. The molecule has 5 nitrogen and oxygen atoms in total. The Labute approximate surface area is 73.8 Å². The van der Waals surface area contributed by atoms with Crippen LogP contribution >= 0.6 is 0 Å². The van der Waals surface area contributed by atoms with Crippen molar-refractivity contribution in [1.82, 2.24) is 9.97 Å². The maximum absolute atomic E-state index is 11.0. The summed E-state index contributed by atoms with van der Waals surface area (Å²) in [6, 6.07) is 1.42. The SMILES string of the molecule is O=c1cc(C2CCOC2)[nH]c(=O)[nH]1. The largest absolute Gasteiger partial charge is 0.381 e. The summed E-state index contributed by atoms with van der Waals surface area (Å²) in [6.45, 7) is 1.28. The van der Waals surface area contributed by atoms with E-state index in [-0.39, 0.29) is 11.5 Å². The van der Waals surface area contributed by atoms with Gasteiger partial charge in [0.05, 0.1) is 6.61 Å². The van der Waals surface area contributed by atoms with Gasteiger partial charge in [0.1, 0.15) is 0 Å².